The Bertz CT molecular complexity index is 989. The second-order valence-electron chi connectivity index (χ2n) is 6.50. The molecule has 6 heteroatoms. The maximum atomic E-state index is 12.8. The molecule has 0 fully saturated rings. The minimum absolute atomic E-state index is 0.135. The standard InChI is InChI=1S/C23H23N3O3/c1-3-29-23(28)20-11-7-8-12-21(20)25-19-13-18(14-24-15-19)22(27)26(2)16-17-9-5-4-6-10-17/h4-15,25H,3,16H2,1-2H3. The summed E-state index contributed by atoms with van der Waals surface area (Å²) < 4.78 is 5.10. The van der Waals surface area contributed by atoms with Crippen LogP contribution in [0.4, 0.5) is 11.4 Å². The van der Waals surface area contributed by atoms with Crippen LogP contribution < -0.4 is 5.32 Å². The molecule has 1 heterocycles. The summed E-state index contributed by atoms with van der Waals surface area (Å²) in [5.41, 5.74) is 3.14. The third kappa shape index (κ3) is 5.19. The molecule has 0 atom stereocenters. The van der Waals surface area contributed by atoms with Crippen molar-refractivity contribution in [2.24, 2.45) is 0 Å². The van der Waals surface area contributed by atoms with Crippen molar-refractivity contribution >= 4 is 23.3 Å². The van der Waals surface area contributed by atoms with Crippen LogP contribution in [0.15, 0.2) is 73.1 Å². The van der Waals surface area contributed by atoms with E-state index in [-0.39, 0.29) is 5.91 Å². The molecule has 1 amide bonds. The molecular formula is C23H23N3O3. The number of carbonyl (C=O) groups is 2. The topological polar surface area (TPSA) is 71.5 Å². The van der Waals surface area contributed by atoms with E-state index in [0.29, 0.717) is 35.7 Å². The number of esters is 1. The van der Waals surface area contributed by atoms with Gasteiger partial charge in [0.05, 0.1) is 35.3 Å². The van der Waals surface area contributed by atoms with Crippen LogP contribution >= 0.6 is 0 Å². The fourth-order valence-corrected chi connectivity index (χ4v) is 2.91. The first-order chi connectivity index (χ1) is 14.1. The van der Waals surface area contributed by atoms with E-state index in [1.807, 2.05) is 36.4 Å². The molecule has 0 aliphatic carbocycles. The molecule has 1 aromatic heterocycles. The van der Waals surface area contributed by atoms with Gasteiger partial charge in [-0.1, -0.05) is 42.5 Å². The largest absolute Gasteiger partial charge is 0.462 e. The minimum Gasteiger partial charge on any atom is -0.462 e. The molecule has 2 aromatic carbocycles. The number of para-hydroxylation sites is 1. The first-order valence-electron chi connectivity index (χ1n) is 9.36. The molecule has 0 unspecified atom stereocenters. The molecule has 3 aromatic rings. The number of carbonyl (C=O) groups excluding carboxylic acids is 2. The number of hydrogen-bond acceptors (Lipinski definition) is 5. The SMILES string of the molecule is CCOC(=O)c1ccccc1Nc1cncc(C(=O)N(C)Cc2ccccc2)c1. The van der Waals surface area contributed by atoms with Gasteiger partial charge in [0.2, 0.25) is 0 Å². The summed E-state index contributed by atoms with van der Waals surface area (Å²) in [5.74, 6) is -0.540. The molecule has 29 heavy (non-hydrogen) atoms. The Kier molecular flexibility index (Phi) is 6.58. The van der Waals surface area contributed by atoms with E-state index in [0.717, 1.165) is 5.56 Å². The highest BCUT2D eigenvalue weighted by Gasteiger charge is 2.15. The Morgan fingerprint density at radius 3 is 2.52 bits per heavy atom. The second kappa shape index (κ2) is 9.50. The molecule has 0 saturated carbocycles. The van der Waals surface area contributed by atoms with Crippen LogP contribution in [0.5, 0.6) is 0 Å². The number of aromatic nitrogens is 1. The monoisotopic (exact) mass is 389 g/mol. The molecule has 1 N–H and O–H groups in total. The van der Waals surface area contributed by atoms with E-state index in [4.69, 9.17) is 4.74 Å². The maximum absolute atomic E-state index is 12.8. The van der Waals surface area contributed by atoms with Gasteiger partial charge in [-0.2, -0.15) is 0 Å². The summed E-state index contributed by atoms with van der Waals surface area (Å²) in [6.45, 7) is 2.56. The minimum atomic E-state index is -0.404. The maximum Gasteiger partial charge on any atom is 0.340 e. The first kappa shape index (κ1) is 20.1. The van der Waals surface area contributed by atoms with Crippen LogP contribution in [-0.4, -0.2) is 35.4 Å². The van der Waals surface area contributed by atoms with Crippen molar-refractivity contribution in [2.45, 2.75) is 13.5 Å². The van der Waals surface area contributed by atoms with E-state index in [9.17, 15) is 9.59 Å². The highest BCUT2D eigenvalue weighted by Crippen LogP contribution is 2.22. The van der Waals surface area contributed by atoms with E-state index in [1.54, 1.807) is 49.3 Å². The number of nitrogens with one attached hydrogen (secondary N) is 1. The zero-order valence-electron chi connectivity index (χ0n) is 16.5. The predicted octanol–water partition coefficient (Wildman–Crippen LogP) is 4.27. The van der Waals surface area contributed by atoms with Gasteiger partial charge in [0, 0.05) is 19.8 Å². The molecule has 0 radical (unpaired) electrons. The first-order valence-corrected chi connectivity index (χ1v) is 9.36. The number of anilines is 2. The number of amides is 1. The lowest BCUT2D eigenvalue weighted by Crippen LogP contribution is -2.26. The van der Waals surface area contributed by atoms with Gasteiger partial charge in [-0.15, -0.1) is 0 Å². The van der Waals surface area contributed by atoms with Crippen LogP contribution in [0.25, 0.3) is 0 Å². The summed E-state index contributed by atoms with van der Waals surface area (Å²) in [4.78, 5) is 30.8. The van der Waals surface area contributed by atoms with Crippen molar-refractivity contribution in [3.05, 3.63) is 89.7 Å². The van der Waals surface area contributed by atoms with Gasteiger partial charge in [-0.3, -0.25) is 9.78 Å². The number of hydrogen-bond donors (Lipinski definition) is 1. The molecule has 6 nitrogen and oxygen atoms in total. The Morgan fingerprint density at radius 2 is 1.76 bits per heavy atom. The van der Waals surface area contributed by atoms with Crippen LogP contribution in [0, 0.1) is 0 Å². The summed E-state index contributed by atoms with van der Waals surface area (Å²) in [6.07, 6.45) is 3.14. The van der Waals surface area contributed by atoms with Crippen molar-refractivity contribution in [3.63, 3.8) is 0 Å². The van der Waals surface area contributed by atoms with Crippen molar-refractivity contribution in [2.75, 3.05) is 19.0 Å². The van der Waals surface area contributed by atoms with Crippen LogP contribution in [0.1, 0.15) is 33.2 Å². The molecule has 0 spiro atoms. The van der Waals surface area contributed by atoms with Crippen molar-refractivity contribution in [1.29, 1.82) is 0 Å². The highest BCUT2D eigenvalue weighted by atomic mass is 16.5. The fraction of sp³-hybridized carbons (Fsp3) is 0.174. The average Bonchev–Trinajstić information content (AvgIpc) is 2.74. The van der Waals surface area contributed by atoms with E-state index >= 15 is 0 Å². The van der Waals surface area contributed by atoms with Gasteiger partial charge in [0.15, 0.2) is 0 Å². The molecule has 0 aliphatic heterocycles. The molecule has 0 bridgehead atoms. The Hall–Kier alpha value is -3.67. The third-order valence-electron chi connectivity index (χ3n) is 4.30. The van der Waals surface area contributed by atoms with Crippen LogP contribution in [-0.2, 0) is 11.3 Å². The van der Waals surface area contributed by atoms with Crippen molar-refractivity contribution < 1.29 is 14.3 Å². The second-order valence-corrected chi connectivity index (χ2v) is 6.50. The number of ether oxygens (including phenoxy) is 1. The van der Waals surface area contributed by atoms with Crippen LogP contribution in [0.3, 0.4) is 0 Å². The lowest BCUT2D eigenvalue weighted by Gasteiger charge is -2.18. The summed E-state index contributed by atoms with van der Waals surface area (Å²) in [6, 6.07) is 18.6. The third-order valence-corrected chi connectivity index (χ3v) is 4.30. The molecule has 0 aliphatic rings. The normalized spacial score (nSPS) is 10.3. The molecular weight excluding hydrogens is 366 g/mol. The Morgan fingerprint density at radius 1 is 1.03 bits per heavy atom. The summed E-state index contributed by atoms with van der Waals surface area (Å²) in [7, 11) is 1.76. The van der Waals surface area contributed by atoms with Gasteiger partial charge in [0.1, 0.15) is 0 Å². The predicted molar refractivity (Wildman–Crippen MR) is 112 cm³/mol. The average molecular weight is 389 g/mol. The van der Waals surface area contributed by atoms with Gasteiger partial charge in [-0.05, 0) is 30.7 Å². The zero-order valence-corrected chi connectivity index (χ0v) is 16.5. The van der Waals surface area contributed by atoms with Gasteiger partial charge >= 0.3 is 5.97 Å². The van der Waals surface area contributed by atoms with Gasteiger partial charge < -0.3 is 15.0 Å². The van der Waals surface area contributed by atoms with E-state index < -0.39 is 5.97 Å². The van der Waals surface area contributed by atoms with Crippen molar-refractivity contribution in [1.82, 2.24) is 9.88 Å². The quantitative estimate of drug-likeness (QED) is 0.611. The Balaban J connectivity index is 1.76. The fourth-order valence-electron chi connectivity index (χ4n) is 2.91. The number of pyridine rings is 1. The smallest absolute Gasteiger partial charge is 0.340 e. The lowest BCUT2D eigenvalue weighted by atomic mass is 10.1. The molecule has 0 saturated heterocycles. The molecule has 148 valence electrons. The van der Waals surface area contributed by atoms with Gasteiger partial charge in [-0.25, -0.2) is 4.79 Å². The summed E-state index contributed by atoms with van der Waals surface area (Å²) in [5, 5.41) is 3.16. The molecule has 3 rings (SSSR count). The number of benzene rings is 2. The summed E-state index contributed by atoms with van der Waals surface area (Å²) >= 11 is 0. The van der Waals surface area contributed by atoms with Gasteiger partial charge in [0.25, 0.3) is 5.91 Å². The Labute approximate surface area is 170 Å². The lowest BCUT2D eigenvalue weighted by molar-refractivity contribution is 0.0527. The van der Waals surface area contributed by atoms with E-state index in [1.165, 1.54) is 6.20 Å². The number of rotatable bonds is 7. The van der Waals surface area contributed by atoms with Crippen LogP contribution in [0.2, 0.25) is 0 Å². The zero-order chi connectivity index (χ0) is 20.6. The van der Waals surface area contributed by atoms with Crippen molar-refractivity contribution in [3.8, 4) is 0 Å². The number of nitrogens with zero attached hydrogens (tertiary/aromatic N) is 2. The van der Waals surface area contributed by atoms with E-state index in [2.05, 4.69) is 10.3 Å². The highest BCUT2D eigenvalue weighted by molar-refractivity contribution is 5.97.